The van der Waals surface area contributed by atoms with Gasteiger partial charge in [-0.05, 0) is 52.2 Å². The van der Waals surface area contributed by atoms with Crippen LogP contribution in [0.5, 0.6) is 0 Å². The number of carbonyl (C=O) groups excluding carboxylic acids is 2. The second-order valence-corrected chi connectivity index (χ2v) is 4.66. The Bertz CT molecular complexity index is 249. The molecule has 0 rings (SSSR count). The first-order chi connectivity index (χ1) is 9.19. The summed E-state index contributed by atoms with van der Waals surface area (Å²) in [5, 5.41) is 5.73. The standard InChI is InChI=1S/C13H28N4O2/c1-16-12(7-3-5-9-15)13(19)17-11(10-18)6-2-4-8-14/h10-12,16H,2-9,14-15H2,1H3,(H,17,19)/t11-,12+/m1/s1. The molecular weight excluding hydrogens is 244 g/mol. The van der Waals surface area contributed by atoms with E-state index < -0.39 is 6.04 Å². The monoisotopic (exact) mass is 272 g/mol. The topological polar surface area (TPSA) is 110 Å². The molecule has 6 N–H and O–H groups in total. The van der Waals surface area contributed by atoms with Gasteiger partial charge in [-0.3, -0.25) is 4.79 Å². The van der Waals surface area contributed by atoms with E-state index in [0.29, 0.717) is 19.5 Å². The van der Waals surface area contributed by atoms with Gasteiger partial charge in [0.15, 0.2) is 0 Å². The molecule has 0 saturated heterocycles. The lowest BCUT2D eigenvalue weighted by atomic mass is 10.1. The van der Waals surface area contributed by atoms with Gasteiger partial charge in [0.25, 0.3) is 0 Å². The van der Waals surface area contributed by atoms with Gasteiger partial charge >= 0.3 is 0 Å². The molecule has 0 aromatic rings. The third-order valence-corrected chi connectivity index (χ3v) is 3.07. The summed E-state index contributed by atoms with van der Waals surface area (Å²) in [5.41, 5.74) is 10.8. The average Bonchev–Trinajstić information content (AvgIpc) is 2.42. The van der Waals surface area contributed by atoms with Crippen molar-refractivity contribution in [3.8, 4) is 0 Å². The van der Waals surface area contributed by atoms with Crippen LogP contribution < -0.4 is 22.1 Å². The number of likely N-dealkylation sites (N-methyl/N-ethyl adjacent to an activating group) is 1. The molecule has 0 heterocycles. The molecule has 19 heavy (non-hydrogen) atoms. The van der Waals surface area contributed by atoms with Crippen molar-refractivity contribution < 1.29 is 9.59 Å². The van der Waals surface area contributed by atoms with Crippen LogP contribution in [-0.2, 0) is 9.59 Å². The van der Waals surface area contributed by atoms with Gasteiger partial charge in [0.2, 0.25) is 5.91 Å². The summed E-state index contributed by atoms with van der Waals surface area (Å²) in [5.74, 6) is -0.121. The summed E-state index contributed by atoms with van der Waals surface area (Å²) in [6, 6.07) is -0.673. The van der Waals surface area contributed by atoms with Crippen LogP contribution in [0.1, 0.15) is 38.5 Å². The highest BCUT2D eigenvalue weighted by Crippen LogP contribution is 2.03. The number of nitrogens with one attached hydrogen (secondary N) is 2. The Labute approximate surface area is 115 Å². The molecule has 0 aliphatic carbocycles. The van der Waals surface area contributed by atoms with E-state index in [9.17, 15) is 9.59 Å². The summed E-state index contributed by atoms with van der Waals surface area (Å²) < 4.78 is 0. The normalized spacial score (nSPS) is 13.8. The van der Waals surface area contributed by atoms with Gasteiger partial charge in [-0.25, -0.2) is 0 Å². The van der Waals surface area contributed by atoms with Crippen molar-refractivity contribution in [2.75, 3.05) is 20.1 Å². The van der Waals surface area contributed by atoms with E-state index in [2.05, 4.69) is 10.6 Å². The summed E-state index contributed by atoms with van der Waals surface area (Å²) in [6.07, 6.45) is 5.68. The molecule has 6 nitrogen and oxygen atoms in total. The van der Waals surface area contributed by atoms with E-state index in [4.69, 9.17) is 11.5 Å². The molecule has 112 valence electrons. The zero-order valence-electron chi connectivity index (χ0n) is 11.9. The van der Waals surface area contributed by atoms with Crippen LogP contribution >= 0.6 is 0 Å². The number of carbonyl (C=O) groups is 2. The summed E-state index contributed by atoms with van der Waals surface area (Å²) in [7, 11) is 1.75. The van der Waals surface area contributed by atoms with Gasteiger partial charge in [0.05, 0.1) is 12.1 Å². The number of hydrogen-bond donors (Lipinski definition) is 4. The van der Waals surface area contributed by atoms with Crippen LogP contribution in [0.2, 0.25) is 0 Å². The zero-order valence-corrected chi connectivity index (χ0v) is 11.9. The van der Waals surface area contributed by atoms with Crippen molar-refractivity contribution in [2.24, 2.45) is 11.5 Å². The fraction of sp³-hybridized carbons (Fsp3) is 0.846. The first-order valence-electron chi connectivity index (χ1n) is 7.02. The van der Waals surface area contributed by atoms with Crippen molar-refractivity contribution >= 4 is 12.2 Å². The average molecular weight is 272 g/mol. The van der Waals surface area contributed by atoms with E-state index in [1.807, 2.05) is 0 Å². The highest BCUT2D eigenvalue weighted by molar-refractivity contribution is 5.84. The van der Waals surface area contributed by atoms with Gasteiger partial charge in [0.1, 0.15) is 6.29 Å². The molecule has 2 atom stereocenters. The molecule has 0 bridgehead atoms. The van der Waals surface area contributed by atoms with E-state index >= 15 is 0 Å². The molecule has 1 amide bonds. The molecule has 0 aliphatic rings. The minimum atomic E-state index is -0.413. The summed E-state index contributed by atoms with van der Waals surface area (Å²) in [4.78, 5) is 22.9. The Morgan fingerprint density at radius 3 is 2.16 bits per heavy atom. The van der Waals surface area contributed by atoms with Crippen LogP contribution in [0.4, 0.5) is 0 Å². The maximum absolute atomic E-state index is 12.0. The lowest BCUT2D eigenvalue weighted by molar-refractivity contribution is -0.126. The van der Waals surface area contributed by atoms with Crippen molar-refractivity contribution in [2.45, 2.75) is 50.6 Å². The molecule has 0 aromatic heterocycles. The molecule has 0 unspecified atom stereocenters. The van der Waals surface area contributed by atoms with Crippen molar-refractivity contribution in [3.63, 3.8) is 0 Å². The SMILES string of the molecule is CN[C@@H](CCCCN)C(=O)N[C@@H](C=O)CCCCN. The maximum atomic E-state index is 12.0. The first kappa shape index (κ1) is 18.0. The van der Waals surface area contributed by atoms with Gasteiger partial charge < -0.3 is 26.9 Å². The third-order valence-electron chi connectivity index (χ3n) is 3.07. The quantitative estimate of drug-likeness (QED) is 0.283. The largest absolute Gasteiger partial charge is 0.345 e. The van der Waals surface area contributed by atoms with E-state index in [0.717, 1.165) is 38.4 Å². The van der Waals surface area contributed by atoms with Crippen LogP contribution in [0.3, 0.4) is 0 Å². The van der Waals surface area contributed by atoms with Crippen molar-refractivity contribution in [1.82, 2.24) is 10.6 Å². The number of amides is 1. The van der Waals surface area contributed by atoms with Gasteiger partial charge in [-0.2, -0.15) is 0 Å². The Kier molecular flexibility index (Phi) is 11.5. The fourth-order valence-electron chi connectivity index (χ4n) is 1.87. The van der Waals surface area contributed by atoms with E-state index in [1.54, 1.807) is 7.05 Å². The fourth-order valence-corrected chi connectivity index (χ4v) is 1.87. The minimum absolute atomic E-state index is 0.121. The highest BCUT2D eigenvalue weighted by atomic mass is 16.2. The molecule has 6 heteroatoms. The van der Waals surface area contributed by atoms with Crippen LogP contribution in [0.15, 0.2) is 0 Å². The molecule has 0 fully saturated rings. The number of nitrogens with two attached hydrogens (primary N) is 2. The Balaban J connectivity index is 4.08. The predicted octanol–water partition coefficient (Wildman–Crippen LogP) is -0.484. The first-order valence-corrected chi connectivity index (χ1v) is 7.02. The Morgan fingerprint density at radius 2 is 1.68 bits per heavy atom. The Hall–Kier alpha value is -0.980. The smallest absolute Gasteiger partial charge is 0.237 e. The van der Waals surface area contributed by atoms with Crippen LogP contribution in [-0.4, -0.2) is 44.4 Å². The second kappa shape index (κ2) is 12.1. The zero-order chi connectivity index (χ0) is 14.5. The maximum Gasteiger partial charge on any atom is 0.237 e. The van der Waals surface area contributed by atoms with Gasteiger partial charge in [-0.15, -0.1) is 0 Å². The summed E-state index contributed by atoms with van der Waals surface area (Å²) in [6.45, 7) is 1.24. The second-order valence-electron chi connectivity index (χ2n) is 4.66. The van der Waals surface area contributed by atoms with Crippen LogP contribution in [0, 0.1) is 0 Å². The van der Waals surface area contributed by atoms with Crippen LogP contribution in [0.25, 0.3) is 0 Å². The lowest BCUT2D eigenvalue weighted by Gasteiger charge is -2.19. The number of rotatable bonds is 12. The molecular formula is C13H28N4O2. The van der Waals surface area contributed by atoms with E-state index in [1.165, 1.54) is 0 Å². The number of aldehydes is 1. The number of hydrogen-bond acceptors (Lipinski definition) is 5. The number of unbranched alkanes of at least 4 members (excludes halogenated alkanes) is 2. The highest BCUT2D eigenvalue weighted by Gasteiger charge is 2.19. The third kappa shape index (κ3) is 8.69. The summed E-state index contributed by atoms with van der Waals surface area (Å²) >= 11 is 0. The minimum Gasteiger partial charge on any atom is -0.345 e. The molecule has 0 spiro atoms. The van der Waals surface area contributed by atoms with Crippen molar-refractivity contribution in [3.05, 3.63) is 0 Å². The van der Waals surface area contributed by atoms with Gasteiger partial charge in [0, 0.05) is 0 Å². The van der Waals surface area contributed by atoms with E-state index in [-0.39, 0.29) is 11.9 Å². The molecule has 0 radical (unpaired) electrons. The van der Waals surface area contributed by atoms with Crippen molar-refractivity contribution in [1.29, 1.82) is 0 Å². The molecule has 0 aliphatic heterocycles. The Morgan fingerprint density at radius 1 is 1.11 bits per heavy atom. The molecule has 0 saturated carbocycles. The van der Waals surface area contributed by atoms with Gasteiger partial charge in [-0.1, -0.05) is 6.42 Å². The molecule has 0 aromatic carbocycles. The lowest BCUT2D eigenvalue weighted by Crippen LogP contribution is -2.47. The predicted molar refractivity (Wildman–Crippen MR) is 76.7 cm³/mol.